The van der Waals surface area contributed by atoms with Crippen LogP contribution in [0.25, 0.3) is 0 Å². The lowest BCUT2D eigenvalue weighted by Gasteiger charge is -2.32. The summed E-state index contributed by atoms with van der Waals surface area (Å²) in [6.07, 6.45) is 3.54. The van der Waals surface area contributed by atoms with Gasteiger partial charge in [-0.05, 0) is 6.92 Å². The van der Waals surface area contributed by atoms with E-state index in [9.17, 15) is 8.42 Å². The van der Waals surface area contributed by atoms with Gasteiger partial charge >= 0.3 is 0 Å². The SMILES string of the molecule is CCn1nnc2c1CCN(S(=O)(=O)c1cn(C)cn1)[C@@H]2COC. The second-order valence-corrected chi connectivity index (χ2v) is 7.29. The Morgan fingerprint density at radius 1 is 1.43 bits per heavy atom. The standard InChI is InChI=1S/C13H20N6O3S/c1-4-18-10-5-6-19(11(8-22-3)13(10)15-16-18)23(20,21)12-7-17(2)9-14-12/h7,9,11H,4-6,8H2,1-3H3/t11-/m1/s1. The van der Waals surface area contributed by atoms with E-state index in [4.69, 9.17) is 4.74 Å². The van der Waals surface area contributed by atoms with Gasteiger partial charge in [-0.1, -0.05) is 5.21 Å². The third kappa shape index (κ3) is 2.66. The molecule has 0 unspecified atom stereocenters. The molecule has 3 heterocycles. The van der Waals surface area contributed by atoms with Crippen molar-refractivity contribution in [2.45, 2.75) is 31.0 Å². The van der Waals surface area contributed by atoms with Gasteiger partial charge in [-0.15, -0.1) is 5.10 Å². The molecule has 0 radical (unpaired) electrons. The third-order valence-corrected chi connectivity index (χ3v) is 5.77. The molecule has 2 aromatic rings. The van der Waals surface area contributed by atoms with Gasteiger partial charge in [0.2, 0.25) is 0 Å². The molecule has 3 rings (SSSR count). The van der Waals surface area contributed by atoms with Crippen LogP contribution >= 0.6 is 0 Å². The maximum atomic E-state index is 12.9. The van der Waals surface area contributed by atoms with Crippen molar-refractivity contribution in [3.05, 3.63) is 23.9 Å². The number of fused-ring (bicyclic) bond motifs is 1. The van der Waals surface area contributed by atoms with Crippen molar-refractivity contribution in [2.24, 2.45) is 7.05 Å². The second kappa shape index (κ2) is 6.02. The van der Waals surface area contributed by atoms with Crippen molar-refractivity contribution in [2.75, 3.05) is 20.3 Å². The van der Waals surface area contributed by atoms with Gasteiger partial charge in [-0.2, -0.15) is 4.31 Å². The maximum absolute atomic E-state index is 12.9. The van der Waals surface area contributed by atoms with E-state index in [1.165, 1.54) is 16.8 Å². The Labute approximate surface area is 134 Å². The van der Waals surface area contributed by atoms with E-state index in [0.29, 0.717) is 25.2 Å². The molecular weight excluding hydrogens is 320 g/mol. The first kappa shape index (κ1) is 16.1. The van der Waals surface area contributed by atoms with Crippen LogP contribution in [0.2, 0.25) is 0 Å². The normalized spacial score (nSPS) is 19.0. The summed E-state index contributed by atoms with van der Waals surface area (Å²) in [5, 5.41) is 8.34. The van der Waals surface area contributed by atoms with Gasteiger partial charge in [0.25, 0.3) is 10.0 Å². The zero-order chi connectivity index (χ0) is 16.6. The summed E-state index contributed by atoms with van der Waals surface area (Å²) in [4.78, 5) is 3.99. The monoisotopic (exact) mass is 340 g/mol. The lowest BCUT2D eigenvalue weighted by Crippen LogP contribution is -2.42. The van der Waals surface area contributed by atoms with Crippen molar-refractivity contribution in [3.8, 4) is 0 Å². The number of nitrogens with zero attached hydrogens (tertiary/aromatic N) is 6. The molecule has 0 saturated carbocycles. The van der Waals surface area contributed by atoms with Gasteiger partial charge in [0.15, 0.2) is 5.03 Å². The highest BCUT2D eigenvalue weighted by Gasteiger charge is 2.40. The second-order valence-electron chi connectivity index (χ2n) is 5.45. The molecule has 0 spiro atoms. The number of hydrogen-bond donors (Lipinski definition) is 0. The van der Waals surface area contributed by atoms with Crippen LogP contribution < -0.4 is 0 Å². The van der Waals surface area contributed by atoms with Crippen LogP contribution in [0.4, 0.5) is 0 Å². The number of aryl methyl sites for hydroxylation is 2. The fourth-order valence-electron chi connectivity index (χ4n) is 2.87. The van der Waals surface area contributed by atoms with Gasteiger partial charge in [-0.3, -0.25) is 0 Å². The molecule has 1 aliphatic rings. The Kier molecular flexibility index (Phi) is 4.21. The van der Waals surface area contributed by atoms with E-state index in [-0.39, 0.29) is 11.6 Å². The number of sulfonamides is 1. The van der Waals surface area contributed by atoms with Gasteiger partial charge in [0.1, 0.15) is 5.69 Å². The number of ether oxygens (including phenoxy) is 1. The first-order valence-electron chi connectivity index (χ1n) is 7.40. The molecule has 0 N–H and O–H groups in total. The lowest BCUT2D eigenvalue weighted by atomic mass is 10.1. The number of hydrogen-bond acceptors (Lipinski definition) is 6. The summed E-state index contributed by atoms with van der Waals surface area (Å²) in [5.74, 6) is 0. The van der Waals surface area contributed by atoms with Crippen LogP contribution in [-0.2, 0) is 34.8 Å². The first-order chi connectivity index (χ1) is 11.0. The van der Waals surface area contributed by atoms with Crippen molar-refractivity contribution in [3.63, 3.8) is 0 Å². The highest BCUT2D eigenvalue weighted by atomic mass is 32.2. The quantitative estimate of drug-likeness (QED) is 0.758. The Morgan fingerprint density at radius 3 is 2.83 bits per heavy atom. The summed E-state index contributed by atoms with van der Waals surface area (Å²) in [6.45, 7) is 3.26. The van der Waals surface area contributed by atoms with E-state index in [1.54, 1.807) is 18.7 Å². The van der Waals surface area contributed by atoms with Gasteiger partial charge in [0.05, 0.1) is 24.7 Å². The van der Waals surface area contributed by atoms with Crippen molar-refractivity contribution in [1.29, 1.82) is 0 Å². The molecule has 0 amide bonds. The molecule has 0 aromatic carbocycles. The Balaban J connectivity index is 2.02. The van der Waals surface area contributed by atoms with E-state index in [0.717, 1.165) is 5.69 Å². The number of rotatable bonds is 5. The molecule has 0 fully saturated rings. The topological polar surface area (TPSA) is 95.1 Å². The van der Waals surface area contributed by atoms with Gasteiger partial charge < -0.3 is 9.30 Å². The Morgan fingerprint density at radius 2 is 2.22 bits per heavy atom. The molecule has 2 aromatic heterocycles. The van der Waals surface area contributed by atoms with Crippen LogP contribution in [0.3, 0.4) is 0 Å². The molecule has 126 valence electrons. The zero-order valence-corrected chi connectivity index (χ0v) is 14.2. The minimum absolute atomic E-state index is 0.0347. The molecular formula is C13H20N6O3S. The average Bonchev–Trinajstić information content (AvgIpc) is 3.14. The van der Waals surface area contributed by atoms with E-state index in [2.05, 4.69) is 15.3 Å². The maximum Gasteiger partial charge on any atom is 0.262 e. The van der Waals surface area contributed by atoms with Crippen LogP contribution in [0.15, 0.2) is 17.6 Å². The van der Waals surface area contributed by atoms with Gasteiger partial charge in [-0.25, -0.2) is 18.1 Å². The molecule has 0 saturated heterocycles. The summed E-state index contributed by atoms with van der Waals surface area (Å²) in [5.41, 5.74) is 1.64. The number of methoxy groups -OCH3 is 1. The highest BCUT2D eigenvalue weighted by molar-refractivity contribution is 7.89. The van der Waals surface area contributed by atoms with Crippen LogP contribution in [0.5, 0.6) is 0 Å². The fraction of sp³-hybridized carbons (Fsp3) is 0.615. The van der Waals surface area contributed by atoms with Crippen molar-refractivity contribution < 1.29 is 13.2 Å². The summed E-state index contributed by atoms with van der Waals surface area (Å²) in [6, 6.07) is -0.490. The van der Waals surface area contributed by atoms with Crippen LogP contribution in [0.1, 0.15) is 24.4 Å². The lowest BCUT2D eigenvalue weighted by molar-refractivity contribution is 0.125. The van der Waals surface area contributed by atoms with E-state index < -0.39 is 16.1 Å². The predicted molar refractivity (Wildman–Crippen MR) is 81.1 cm³/mol. The highest BCUT2D eigenvalue weighted by Crippen LogP contribution is 2.32. The predicted octanol–water partition coefficient (Wildman–Crippen LogP) is -0.0340. The molecule has 9 nitrogen and oxygen atoms in total. The largest absolute Gasteiger partial charge is 0.383 e. The van der Waals surface area contributed by atoms with Crippen molar-refractivity contribution >= 4 is 10.0 Å². The molecule has 0 bridgehead atoms. The summed E-state index contributed by atoms with van der Waals surface area (Å²) in [7, 11) is -0.427. The molecule has 10 heteroatoms. The Bertz CT molecular complexity index is 796. The zero-order valence-electron chi connectivity index (χ0n) is 13.4. The van der Waals surface area contributed by atoms with Crippen LogP contribution in [-0.4, -0.2) is 57.5 Å². The van der Waals surface area contributed by atoms with Crippen molar-refractivity contribution in [1.82, 2.24) is 28.9 Å². The number of imidazole rings is 1. The molecule has 0 aliphatic carbocycles. The fourth-order valence-corrected chi connectivity index (χ4v) is 4.42. The van der Waals surface area contributed by atoms with Crippen LogP contribution in [0, 0.1) is 0 Å². The van der Waals surface area contributed by atoms with E-state index >= 15 is 0 Å². The summed E-state index contributed by atoms with van der Waals surface area (Å²) < 4.78 is 35.9. The average molecular weight is 340 g/mol. The van der Waals surface area contributed by atoms with Gasteiger partial charge in [0, 0.05) is 39.9 Å². The first-order valence-corrected chi connectivity index (χ1v) is 8.84. The minimum atomic E-state index is -3.71. The molecule has 1 aliphatic heterocycles. The summed E-state index contributed by atoms with van der Waals surface area (Å²) >= 11 is 0. The molecule has 1 atom stereocenters. The number of aromatic nitrogens is 5. The Hall–Kier alpha value is -1.78. The molecule has 23 heavy (non-hydrogen) atoms. The minimum Gasteiger partial charge on any atom is -0.383 e. The van der Waals surface area contributed by atoms with E-state index in [1.807, 2.05) is 11.6 Å². The third-order valence-electron chi connectivity index (χ3n) is 3.98. The smallest absolute Gasteiger partial charge is 0.262 e.